The van der Waals surface area contributed by atoms with Crippen LogP contribution >= 0.6 is 0 Å². The molecule has 5 unspecified atom stereocenters. The molecule has 0 aromatic rings. The molecule has 37 heavy (non-hydrogen) atoms. The third-order valence-corrected chi connectivity index (χ3v) is 11.3. The van der Waals surface area contributed by atoms with Gasteiger partial charge in [-0.05, 0) is 51.8 Å². The Kier molecular flexibility index (Phi) is 9.71. The average Bonchev–Trinajstić information content (AvgIpc) is 2.70. The first-order valence-corrected chi connectivity index (χ1v) is 13.6. The van der Waals surface area contributed by atoms with Crippen LogP contribution in [0.15, 0.2) is 0 Å². The molecule has 0 radical (unpaired) electrons. The van der Waals surface area contributed by atoms with Gasteiger partial charge in [0.05, 0.1) is 0 Å². The quantitative estimate of drug-likeness (QED) is 0.228. The minimum Gasteiger partial charge on any atom is -0.481 e. The molecule has 0 spiro atoms. The Labute approximate surface area is 225 Å². The van der Waals surface area contributed by atoms with Crippen LogP contribution in [-0.4, -0.2) is 43.9 Å². The zero-order valence-corrected chi connectivity index (χ0v) is 26.2. The van der Waals surface area contributed by atoms with Crippen molar-refractivity contribution in [3.05, 3.63) is 0 Å². The van der Waals surface area contributed by atoms with Gasteiger partial charge in [0.15, 0.2) is 5.60 Å². The summed E-state index contributed by atoms with van der Waals surface area (Å²) in [6.45, 7) is 26.9. The van der Waals surface area contributed by atoms with Crippen LogP contribution < -0.4 is 0 Å². The number of carbonyl (C=O) groups is 3. The van der Waals surface area contributed by atoms with Gasteiger partial charge in [0.25, 0.3) is 0 Å². The predicted molar refractivity (Wildman–Crippen MR) is 147 cm³/mol. The summed E-state index contributed by atoms with van der Waals surface area (Å²) in [5.41, 5.74) is -12.1. The molecule has 7 nitrogen and oxygen atoms in total. The van der Waals surface area contributed by atoms with E-state index >= 15 is 0 Å². The molecular formula is C30H56O7. The number of rotatable bonds is 11. The lowest BCUT2D eigenvalue weighted by Gasteiger charge is -2.69. The van der Waals surface area contributed by atoms with Crippen molar-refractivity contribution >= 4 is 17.9 Å². The first kappa shape index (κ1) is 35.4. The molecule has 0 heterocycles. The highest BCUT2D eigenvalue weighted by Crippen LogP contribution is 2.73. The maximum Gasteiger partial charge on any atom is 0.337 e. The van der Waals surface area contributed by atoms with Crippen LogP contribution in [0, 0.1) is 43.8 Å². The minimum absolute atomic E-state index is 0.203. The summed E-state index contributed by atoms with van der Waals surface area (Å²) < 4.78 is 0. The van der Waals surface area contributed by atoms with Crippen molar-refractivity contribution in [2.75, 3.05) is 0 Å². The van der Waals surface area contributed by atoms with Gasteiger partial charge >= 0.3 is 17.9 Å². The maximum absolute atomic E-state index is 14.1. The van der Waals surface area contributed by atoms with Gasteiger partial charge in [-0.15, -0.1) is 0 Å². The van der Waals surface area contributed by atoms with Crippen molar-refractivity contribution in [2.24, 2.45) is 43.8 Å². The van der Waals surface area contributed by atoms with Gasteiger partial charge in [0.1, 0.15) is 11.3 Å². The fourth-order valence-corrected chi connectivity index (χ4v) is 7.38. The van der Waals surface area contributed by atoms with Gasteiger partial charge in [-0.2, -0.15) is 0 Å². The van der Waals surface area contributed by atoms with Gasteiger partial charge < -0.3 is 20.4 Å². The number of aliphatic carboxylic acids is 3. The third-order valence-electron chi connectivity index (χ3n) is 11.3. The second kappa shape index (κ2) is 10.2. The molecular weight excluding hydrogens is 472 g/mol. The molecule has 0 bridgehead atoms. The number of carboxylic acid groups (broad SMARTS) is 3. The van der Waals surface area contributed by atoms with E-state index in [1.54, 1.807) is 41.5 Å². The summed E-state index contributed by atoms with van der Waals surface area (Å²) in [5, 5.41) is 46.2. The number of aliphatic hydroxyl groups is 1. The van der Waals surface area contributed by atoms with Gasteiger partial charge in [0.2, 0.25) is 0 Å². The Bertz CT molecular complexity index is 844. The fraction of sp³-hybridized carbons (Fsp3) is 0.900. The van der Waals surface area contributed by atoms with Crippen molar-refractivity contribution < 1.29 is 34.8 Å². The Morgan fingerprint density at radius 2 is 0.892 bits per heavy atom. The molecule has 0 aromatic heterocycles. The topological polar surface area (TPSA) is 132 Å². The maximum atomic E-state index is 14.1. The zero-order valence-electron chi connectivity index (χ0n) is 26.2. The standard InChI is InChI=1S/C30H56O7/c1-16-26(13,23(4,5)6)19(20(31)32)29(37,21(33)34)30(22(35)36,27(14,17-2)24(7,8)9)28(15,18-3)25(10,11)12/h19,37H,16-18H2,1-15H3,(H,31,32)(H,33,34)(H,35,36). The van der Waals surface area contributed by atoms with E-state index in [4.69, 9.17) is 0 Å². The molecule has 5 atom stereocenters. The number of hydrogen-bond acceptors (Lipinski definition) is 4. The molecule has 4 N–H and O–H groups in total. The van der Waals surface area contributed by atoms with E-state index in [9.17, 15) is 34.8 Å². The van der Waals surface area contributed by atoms with E-state index in [0.29, 0.717) is 0 Å². The normalized spacial score (nSPS) is 22.4. The van der Waals surface area contributed by atoms with E-state index in [-0.39, 0.29) is 19.3 Å². The number of carboxylic acids is 3. The average molecular weight is 529 g/mol. The molecule has 218 valence electrons. The summed E-state index contributed by atoms with van der Waals surface area (Å²) >= 11 is 0. The zero-order chi connectivity index (χ0) is 30.4. The van der Waals surface area contributed by atoms with Crippen LogP contribution in [0.5, 0.6) is 0 Å². The van der Waals surface area contributed by atoms with Crippen molar-refractivity contribution in [1.82, 2.24) is 0 Å². The largest absolute Gasteiger partial charge is 0.481 e. The molecule has 0 rings (SSSR count). The lowest BCUT2D eigenvalue weighted by Crippen LogP contribution is -2.79. The van der Waals surface area contributed by atoms with Crippen LogP contribution in [0.3, 0.4) is 0 Å². The third kappa shape index (κ3) is 4.51. The van der Waals surface area contributed by atoms with E-state index in [2.05, 4.69) is 0 Å². The molecule has 0 saturated carbocycles. The highest BCUT2D eigenvalue weighted by atomic mass is 16.4. The van der Waals surface area contributed by atoms with E-state index < -0.39 is 67.3 Å². The summed E-state index contributed by atoms with van der Waals surface area (Å²) in [6, 6.07) is 0. The molecule has 0 aliphatic rings. The molecule has 0 aliphatic heterocycles. The Hall–Kier alpha value is -1.63. The van der Waals surface area contributed by atoms with Gasteiger partial charge in [-0.3, -0.25) is 9.59 Å². The fourth-order valence-electron chi connectivity index (χ4n) is 7.38. The molecule has 0 aliphatic carbocycles. The molecule has 7 heteroatoms. The number of hydrogen-bond donors (Lipinski definition) is 4. The minimum atomic E-state index is -3.18. The lowest BCUT2D eigenvalue weighted by molar-refractivity contribution is -0.292. The second-order valence-corrected chi connectivity index (χ2v) is 14.8. The van der Waals surface area contributed by atoms with E-state index in [1.807, 2.05) is 62.3 Å². The molecule has 0 aromatic carbocycles. The summed E-state index contributed by atoms with van der Waals surface area (Å²) in [7, 11) is 0. The highest BCUT2D eigenvalue weighted by Gasteiger charge is 2.82. The highest BCUT2D eigenvalue weighted by molar-refractivity contribution is 5.95. The summed E-state index contributed by atoms with van der Waals surface area (Å²) in [4.78, 5) is 40.9. The van der Waals surface area contributed by atoms with Crippen LogP contribution in [-0.2, 0) is 14.4 Å². The van der Waals surface area contributed by atoms with Gasteiger partial charge in [-0.1, -0.05) is 104 Å². The van der Waals surface area contributed by atoms with Gasteiger partial charge in [-0.25, -0.2) is 4.79 Å². The smallest absolute Gasteiger partial charge is 0.337 e. The lowest BCUT2D eigenvalue weighted by atomic mass is 9.32. The monoisotopic (exact) mass is 528 g/mol. The van der Waals surface area contributed by atoms with E-state index in [1.165, 1.54) is 0 Å². The Morgan fingerprint density at radius 3 is 1.03 bits per heavy atom. The van der Waals surface area contributed by atoms with Crippen LogP contribution in [0.25, 0.3) is 0 Å². The Morgan fingerprint density at radius 1 is 0.568 bits per heavy atom. The van der Waals surface area contributed by atoms with Crippen LogP contribution in [0.2, 0.25) is 0 Å². The van der Waals surface area contributed by atoms with Crippen molar-refractivity contribution in [3.8, 4) is 0 Å². The Balaban J connectivity index is 9.03. The van der Waals surface area contributed by atoms with E-state index in [0.717, 1.165) is 0 Å². The van der Waals surface area contributed by atoms with Crippen LogP contribution in [0.1, 0.15) is 123 Å². The predicted octanol–water partition coefficient (Wildman–Crippen LogP) is 6.96. The summed E-state index contributed by atoms with van der Waals surface area (Å²) in [6.07, 6.45) is 0.624. The van der Waals surface area contributed by atoms with Crippen molar-refractivity contribution in [2.45, 2.75) is 129 Å². The van der Waals surface area contributed by atoms with Crippen molar-refractivity contribution in [1.29, 1.82) is 0 Å². The second-order valence-electron chi connectivity index (χ2n) is 14.8. The molecule has 0 amide bonds. The SMILES string of the molecule is CCC(C)(C(C(=O)O)C(O)(C(=O)O)C(C(=O)O)(C(C)(CC)C(C)(C)C)C(C)(CC)C(C)(C)C)C(C)(C)C. The van der Waals surface area contributed by atoms with Crippen molar-refractivity contribution in [3.63, 3.8) is 0 Å². The van der Waals surface area contributed by atoms with Gasteiger partial charge in [0, 0.05) is 0 Å². The molecule has 0 saturated heterocycles. The first-order chi connectivity index (χ1) is 16.1. The van der Waals surface area contributed by atoms with Crippen LogP contribution in [0.4, 0.5) is 0 Å². The summed E-state index contributed by atoms with van der Waals surface area (Å²) in [5.74, 6) is -6.76. The molecule has 0 fully saturated rings. The first-order valence-electron chi connectivity index (χ1n) is 13.6.